The molecular weight excluding hydrogens is 405 g/mol. The minimum Gasteiger partial charge on any atom is -0.502 e. The number of phenols is 1. The van der Waals surface area contributed by atoms with Crippen molar-refractivity contribution in [2.24, 2.45) is 0 Å². The van der Waals surface area contributed by atoms with Gasteiger partial charge in [-0.2, -0.15) is 0 Å². The van der Waals surface area contributed by atoms with Crippen LogP contribution in [0.1, 0.15) is 0 Å². The van der Waals surface area contributed by atoms with Crippen LogP contribution in [0.3, 0.4) is 0 Å². The average molecular weight is 413 g/mol. The number of nitro groups is 1. The van der Waals surface area contributed by atoms with Gasteiger partial charge in [0.25, 0.3) is 10.0 Å². The predicted molar refractivity (Wildman–Crippen MR) is 90.2 cm³/mol. The van der Waals surface area contributed by atoms with Crippen molar-refractivity contribution in [1.29, 1.82) is 0 Å². The van der Waals surface area contributed by atoms with Gasteiger partial charge in [0.05, 0.1) is 25.6 Å². The molecule has 24 heavy (non-hydrogen) atoms. The molecule has 0 aliphatic heterocycles. The van der Waals surface area contributed by atoms with Crippen LogP contribution < -0.4 is 10.3 Å². The Morgan fingerprint density at radius 1 is 1.08 bits per heavy atom. The van der Waals surface area contributed by atoms with Gasteiger partial charge in [-0.1, -0.05) is 34.8 Å². The summed E-state index contributed by atoms with van der Waals surface area (Å²) in [6.07, 6.45) is 0. The number of hydrogen-bond donors (Lipinski definition) is 3. The summed E-state index contributed by atoms with van der Waals surface area (Å²) in [5.74, 6) is -0.657. The topological polar surface area (TPSA) is 122 Å². The molecule has 0 unspecified atom stereocenters. The molecule has 0 amide bonds. The number of nitro benzene ring substituents is 1. The Balaban J connectivity index is 2.30. The molecule has 0 spiro atoms. The zero-order valence-corrected chi connectivity index (χ0v) is 14.5. The van der Waals surface area contributed by atoms with Crippen molar-refractivity contribution in [3.05, 3.63) is 55.5 Å². The number of anilines is 1. The van der Waals surface area contributed by atoms with Gasteiger partial charge >= 0.3 is 5.69 Å². The highest BCUT2D eigenvalue weighted by Crippen LogP contribution is 2.33. The minimum atomic E-state index is -4.20. The van der Waals surface area contributed by atoms with E-state index in [0.717, 1.165) is 12.1 Å². The Bertz CT molecular complexity index is 897. The predicted octanol–water partition coefficient (Wildman–Crippen LogP) is 3.57. The molecule has 0 saturated carbocycles. The van der Waals surface area contributed by atoms with Gasteiger partial charge in [0.15, 0.2) is 5.75 Å². The average Bonchev–Trinajstić information content (AvgIpc) is 2.45. The molecule has 0 bridgehead atoms. The summed E-state index contributed by atoms with van der Waals surface area (Å²) >= 11 is 17.6. The first-order chi connectivity index (χ1) is 11.1. The van der Waals surface area contributed by atoms with Crippen LogP contribution in [0.4, 0.5) is 11.4 Å². The van der Waals surface area contributed by atoms with Crippen LogP contribution in [-0.4, -0.2) is 18.4 Å². The van der Waals surface area contributed by atoms with Gasteiger partial charge < -0.3 is 10.5 Å². The summed E-state index contributed by atoms with van der Waals surface area (Å²) in [5, 5.41) is 20.5. The summed E-state index contributed by atoms with van der Waals surface area (Å²) in [6.45, 7) is 0. The Morgan fingerprint density at radius 3 is 2.21 bits per heavy atom. The number of nitrogens with one attached hydrogen (secondary N) is 2. The molecule has 2 rings (SSSR count). The van der Waals surface area contributed by atoms with Crippen molar-refractivity contribution >= 4 is 56.2 Å². The summed E-state index contributed by atoms with van der Waals surface area (Å²) < 4.78 is 24.4. The SMILES string of the molecule is O=[N+]([O-])c1cc(S(=O)(=O)NNc2c(Cl)cc(Cl)cc2Cl)ccc1O. The van der Waals surface area contributed by atoms with Gasteiger partial charge in [0.1, 0.15) is 0 Å². The first kappa shape index (κ1) is 18.6. The normalized spacial score (nSPS) is 11.3. The van der Waals surface area contributed by atoms with E-state index in [9.17, 15) is 23.6 Å². The van der Waals surface area contributed by atoms with Crippen molar-refractivity contribution in [3.63, 3.8) is 0 Å². The van der Waals surface area contributed by atoms with E-state index in [0.29, 0.717) is 6.07 Å². The number of halogens is 3. The number of hydrogen-bond acceptors (Lipinski definition) is 6. The highest BCUT2D eigenvalue weighted by molar-refractivity contribution is 7.89. The summed E-state index contributed by atoms with van der Waals surface area (Å²) in [4.78, 5) is 11.4. The van der Waals surface area contributed by atoms with E-state index in [1.165, 1.54) is 12.1 Å². The van der Waals surface area contributed by atoms with Gasteiger partial charge in [-0.25, -0.2) is 8.42 Å². The summed E-state index contributed by atoms with van der Waals surface area (Å²) in [5.41, 5.74) is 1.62. The molecular formula is C12H8Cl3N3O5S. The van der Waals surface area contributed by atoms with Gasteiger partial charge in [0.2, 0.25) is 0 Å². The third-order valence-corrected chi connectivity index (χ3v) is 4.83. The molecule has 128 valence electrons. The Morgan fingerprint density at radius 2 is 1.67 bits per heavy atom. The number of sulfonamides is 1. The van der Waals surface area contributed by atoms with Gasteiger partial charge in [0, 0.05) is 11.1 Å². The number of rotatable bonds is 5. The molecule has 2 aromatic rings. The molecule has 2 aromatic carbocycles. The highest BCUT2D eigenvalue weighted by atomic mass is 35.5. The molecule has 0 radical (unpaired) electrons. The van der Waals surface area contributed by atoms with Crippen molar-refractivity contribution in [3.8, 4) is 5.75 Å². The lowest BCUT2D eigenvalue weighted by molar-refractivity contribution is -0.386. The Labute approximate surface area is 151 Å². The molecule has 0 aliphatic carbocycles. The molecule has 0 heterocycles. The second-order valence-corrected chi connectivity index (χ2v) is 7.32. The first-order valence-electron chi connectivity index (χ1n) is 6.01. The van der Waals surface area contributed by atoms with E-state index >= 15 is 0 Å². The van der Waals surface area contributed by atoms with Crippen LogP contribution in [0.5, 0.6) is 5.75 Å². The summed E-state index contributed by atoms with van der Waals surface area (Å²) in [6, 6.07) is 5.30. The molecule has 0 fully saturated rings. The maximum atomic E-state index is 12.2. The zero-order valence-electron chi connectivity index (χ0n) is 11.5. The quantitative estimate of drug-likeness (QED) is 0.510. The van der Waals surface area contributed by atoms with Crippen LogP contribution in [-0.2, 0) is 10.0 Å². The molecule has 8 nitrogen and oxygen atoms in total. The molecule has 0 atom stereocenters. The standard InChI is InChI=1S/C12H8Cl3N3O5S/c13-6-3-8(14)12(9(15)4-6)16-17-24(22,23)7-1-2-11(19)10(5-7)18(20)21/h1-5,16-17,19H. The van der Waals surface area contributed by atoms with Crippen LogP contribution in [0, 0.1) is 10.1 Å². The van der Waals surface area contributed by atoms with Crippen molar-refractivity contribution in [2.45, 2.75) is 4.90 Å². The van der Waals surface area contributed by atoms with E-state index in [1.807, 2.05) is 4.83 Å². The fraction of sp³-hybridized carbons (Fsp3) is 0. The minimum absolute atomic E-state index is 0.0552. The maximum Gasteiger partial charge on any atom is 0.312 e. The largest absolute Gasteiger partial charge is 0.502 e. The second-order valence-electron chi connectivity index (χ2n) is 4.38. The van der Waals surface area contributed by atoms with Crippen molar-refractivity contribution in [1.82, 2.24) is 4.83 Å². The Hall–Kier alpha value is -1.78. The lowest BCUT2D eigenvalue weighted by Crippen LogP contribution is -2.29. The van der Waals surface area contributed by atoms with Crippen molar-refractivity contribution in [2.75, 3.05) is 5.43 Å². The fourth-order valence-electron chi connectivity index (χ4n) is 1.66. The number of hydrazine groups is 1. The fourth-order valence-corrected chi connectivity index (χ4v) is 3.44. The van der Waals surface area contributed by atoms with E-state index in [1.54, 1.807) is 0 Å². The van der Waals surface area contributed by atoms with E-state index in [2.05, 4.69) is 5.43 Å². The smallest absolute Gasteiger partial charge is 0.312 e. The molecule has 0 aliphatic rings. The zero-order chi connectivity index (χ0) is 18.1. The van der Waals surface area contributed by atoms with Gasteiger partial charge in [-0.15, -0.1) is 4.83 Å². The molecule has 3 N–H and O–H groups in total. The highest BCUT2D eigenvalue weighted by Gasteiger charge is 2.21. The third kappa shape index (κ3) is 4.00. The number of phenolic OH excluding ortho intramolecular Hbond substituents is 1. The maximum absolute atomic E-state index is 12.2. The molecule has 0 aromatic heterocycles. The molecule has 0 saturated heterocycles. The number of nitrogens with zero attached hydrogens (tertiary/aromatic N) is 1. The van der Waals surface area contributed by atoms with Gasteiger partial charge in [-0.05, 0) is 24.3 Å². The first-order valence-corrected chi connectivity index (χ1v) is 8.63. The van der Waals surface area contributed by atoms with E-state index in [4.69, 9.17) is 34.8 Å². The van der Waals surface area contributed by atoms with E-state index in [-0.39, 0.29) is 20.8 Å². The van der Waals surface area contributed by atoms with Crippen LogP contribution in [0.25, 0.3) is 0 Å². The number of aromatic hydroxyl groups is 1. The van der Waals surface area contributed by atoms with Crippen molar-refractivity contribution < 1.29 is 18.4 Å². The van der Waals surface area contributed by atoms with E-state index < -0.39 is 31.3 Å². The lowest BCUT2D eigenvalue weighted by atomic mass is 10.3. The Kier molecular flexibility index (Phi) is 5.41. The van der Waals surface area contributed by atoms with Crippen LogP contribution in [0.15, 0.2) is 35.2 Å². The third-order valence-electron chi connectivity index (χ3n) is 2.77. The van der Waals surface area contributed by atoms with Crippen LogP contribution >= 0.6 is 34.8 Å². The number of benzene rings is 2. The van der Waals surface area contributed by atoms with Crippen LogP contribution in [0.2, 0.25) is 15.1 Å². The summed E-state index contributed by atoms with van der Waals surface area (Å²) in [7, 11) is -4.20. The monoisotopic (exact) mass is 411 g/mol. The second kappa shape index (κ2) is 6.99. The van der Waals surface area contributed by atoms with Gasteiger partial charge in [-0.3, -0.25) is 10.1 Å². The lowest BCUT2D eigenvalue weighted by Gasteiger charge is -2.12. The molecule has 12 heteroatoms.